The third kappa shape index (κ3) is 4.79. The van der Waals surface area contributed by atoms with Crippen molar-refractivity contribution in [2.45, 2.75) is 13.8 Å². The van der Waals surface area contributed by atoms with Crippen molar-refractivity contribution in [3.63, 3.8) is 0 Å². The van der Waals surface area contributed by atoms with Crippen LogP contribution in [0.15, 0.2) is 79.1 Å². The van der Waals surface area contributed by atoms with Gasteiger partial charge >= 0.3 is 0 Å². The molecular weight excluding hydrogens is 218 g/mol. The van der Waals surface area contributed by atoms with Crippen molar-refractivity contribution in [2.24, 2.45) is 0 Å². The highest BCUT2D eigenvalue weighted by atomic mass is 14.6. The molecule has 0 spiro atoms. The van der Waals surface area contributed by atoms with Gasteiger partial charge < -0.3 is 0 Å². The molecule has 0 radical (unpaired) electrons. The van der Waals surface area contributed by atoms with E-state index >= 15 is 0 Å². The Balaban J connectivity index is 0.000000174. The van der Waals surface area contributed by atoms with Gasteiger partial charge in [-0.05, 0) is 16.8 Å². The standard InChI is InChI=1S/C9H7N.C6H6.C2H6/c1-2-4-9-7-10-6-5-8(9)3-1;1-2-4-6-5-3-1;1-2/h1-7H;1-6H;1-2H3. The Hall–Kier alpha value is -2.15. The number of aromatic nitrogens is 1. The molecule has 0 bridgehead atoms. The van der Waals surface area contributed by atoms with Gasteiger partial charge in [0.1, 0.15) is 0 Å². The quantitative estimate of drug-likeness (QED) is 0.539. The molecule has 0 amide bonds. The zero-order valence-electron chi connectivity index (χ0n) is 11.0. The first-order chi connectivity index (χ1) is 8.97. The summed E-state index contributed by atoms with van der Waals surface area (Å²) in [4.78, 5) is 4.01. The number of hydrogen-bond donors (Lipinski definition) is 0. The van der Waals surface area contributed by atoms with E-state index in [1.54, 1.807) is 0 Å². The van der Waals surface area contributed by atoms with Crippen molar-refractivity contribution in [1.29, 1.82) is 0 Å². The summed E-state index contributed by atoms with van der Waals surface area (Å²) in [7, 11) is 0. The molecule has 2 aromatic carbocycles. The van der Waals surface area contributed by atoms with E-state index < -0.39 is 0 Å². The minimum absolute atomic E-state index is 1.20. The van der Waals surface area contributed by atoms with Crippen molar-refractivity contribution in [1.82, 2.24) is 4.98 Å². The molecule has 0 aliphatic rings. The molecule has 1 aromatic heterocycles. The summed E-state index contributed by atoms with van der Waals surface area (Å²) in [5, 5.41) is 2.45. The first kappa shape index (κ1) is 13.9. The molecule has 0 fully saturated rings. The molecule has 0 aliphatic heterocycles. The van der Waals surface area contributed by atoms with Crippen molar-refractivity contribution < 1.29 is 0 Å². The highest BCUT2D eigenvalue weighted by Crippen LogP contribution is 2.09. The molecule has 0 aliphatic carbocycles. The Morgan fingerprint density at radius 3 is 1.61 bits per heavy atom. The van der Waals surface area contributed by atoms with Crippen molar-refractivity contribution in [3.05, 3.63) is 79.1 Å². The highest BCUT2D eigenvalue weighted by molar-refractivity contribution is 5.80. The zero-order chi connectivity index (χ0) is 13.1. The fourth-order valence-electron chi connectivity index (χ4n) is 1.41. The van der Waals surface area contributed by atoms with Gasteiger partial charge in [-0.2, -0.15) is 0 Å². The first-order valence-electron chi connectivity index (χ1n) is 6.25. The van der Waals surface area contributed by atoms with E-state index in [9.17, 15) is 0 Å². The molecule has 92 valence electrons. The molecule has 1 heteroatoms. The Labute approximate surface area is 109 Å². The minimum atomic E-state index is 1.20. The van der Waals surface area contributed by atoms with Gasteiger partial charge in [0.05, 0.1) is 0 Å². The van der Waals surface area contributed by atoms with Crippen LogP contribution in [0.1, 0.15) is 13.8 Å². The lowest BCUT2D eigenvalue weighted by Gasteiger charge is -1.91. The van der Waals surface area contributed by atoms with Crippen LogP contribution in [-0.4, -0.2) is 4.98 Å². The molecule has 0 saturated heterocycles. The molecule has 3 aromatic rings. The van der Waals surface area contributed by atoms with Crippen LogP contribution in [0.4, 0.5) is 0 Å². The fourth-order valence-corrected chi connectivity index (χ4v) is 1.41. The van der Waals surface area contributed by atoms with E-state index in [1.165, 1.54) is 10.8 Å². The van der Waals surface area contributed by atoms with Gasteiger partial charge in [0, 0.05) is 12.4 Å². The molecule has 0 N–H and O–H groups in total. The average molecular weight is 237 g/mol. The number of rotatable bonds is 0. The molecule has 1 nitrogen and oxygen atoms in total. The predicted molar refractivity (Wildman–Crippen MR) is 79.5 cm³/mol. The number of benzene rings is 2. The van der Waals surface area contributed by atoms with E-state index in [-0.39, 0.29) is 0 Å². The Kier molecular flexibility index (Phi) is 6.91. The van der Waals surface area contributed by atoms with E-state index in [0.717, 1.165) is 0 Å². The van der Waals surface area contributed by atoms with Crippen LogP contribution in [0.25, 0.3) is 10.8 Å². The largest absolute Gasteiger partial charge is 0.264 e. The van der Waals surface area contributed by atoms with Crippen LogP contribution < -0.4 is 0 Å². The number of fused-ring (bicyclic) bond motifs is 1. The number of nitrogens with zero attached hydrogens (tertiary/aromatic N) is 1. The normalized spacial score (nSPS) is 8.56. The molecule has 0 saturated carbocycles. The third-order valence-corrected chi connectivity index (χ3v) is 2.22. The third-order valence-electron chi connectivity index (χ3n) is 2.22. The van der Waals surface area contributed by atoms with Gasteiger partial charge in [0.15, 0.2) is 0 Å². The number of pyridine rings is 1. The topological polar surface area (TPSA) is 12.9 Å². The summed E-state index contributed by atoms with van der Waals surface area (Å²) in [6.07, 6.45) is 3.68. The second-order valence-electron chi connectivity index (χ2n) is 3.38. The zero-order valence-corrected chi connectivity index (χ0v) is 11.0. The lowest BCUT2D eigenvalue weighted by molar-refractivity contribution is 1.36. The summed E-state index contributed by atoms with van der Waals surface area (Å²) < 4.78 is 0. The smallest absolute Gasteiger partial charge is 0.0346 e. The van der Waals surface area contributed by atoms with Gasteiger partial charge in [0.25, 0.3) is 0 Å². The van der Waals surface area contributed by atoms with Gasteiger partial charge in [-0.3, -0.25) is 4.98 Å². The molecule has 0 atom stereocenters. The maximum absolute atomic E-state index is 4.01. The minimum Gasteiger partial charge on any atom is -0.264 e. The second kappa shape index (κ2) is 8.94. The van der Waals surface area contributed by atoms with Crippen LogP contribution in [0.3, 0.4) is 0 Å². The van der Waals surface area contributed by atoms with Gasteiger partial charge in [-0.15, -0.1) is 0 Å². The summed E-state index contributed by atoms with van der Waals surface area (Å²) in [6, 6.07) is 22.2. The van der Waals surface area contributed by atoms with E-state index in [2.05, 4.69) is 17.1 Å². The van der Waals surface area contributed by atoms with Crippen LogP contribution in [-0.2, 0) is 0 Å². The molecule has 3 rings (SSSR count). The van der Waals surface area contributed by atoms with Crippen LogP contribution >= 0.6 is 0 Å². The average Bonchev–Trinajstić information content (AvgIpc) is 2.52. The lowest BCUT2D eigenvalue weighted by atomic mass is 10.2. The molecule has 0 unspecified atom stereocenters. The maximum Gasteiger partial charge on any atom is 0.0346 e. The molecule has 1 heterocycles. The Morgan fingerprint density at radius 2 is 1.11 bits per heavy atom. The maximum atomic E-state index is 4.01. The van der Waals surface area contributed by atoms with E-state index in [1.807, 2.05) is 80.8 Å². The lowest BCUT2D eigenvalue weighted by Crippen LogP contribution is -1.71. The van der Waals surface area contributed by atoms with Gasteiger partial charge in [0.2, 0.25) is 0 Å². The Morgan fingerprint density at radius 1 is 0.611 bits per heavy atom. The second-order valence-corrected chi connectivity index (χ2v) is 3.38. The van der Waals surface area contributed by atoms with Crippen LogP contribution in [0.5, 0.6) is 0 Å². The Bertz CT molecular complexity index is 440. The van der Waals surface area contributed by atoms with E-state index in [4.69, 9.17) is 0 Å². The number of hydrogen-bond acceptors (Lipinski definition) is 1. The predicted octanol–water partition coefficient (Wildman–Crippen LogP) is 4.95. The first-order valence-corrected chi connectivity index (χ1v) is 6.25. The van der Waals surface area contributed by atoms with E-state index in [0.29, 0.717) is 0 Å². The van der Waals surface area contributed by atoms with Crippen LogP contribution in [0.2, 0.25) is 0 Å². The summed E-state index contributed by atoms with van der Waals surface area (Å²) in [5.41, 5.74) is 0. The monoisotopic (exact) mass is 237 g/mol. The molecule has 18 heavy (non-hydrogen) atoms. The summed E-state index contributed by atoms with van der Waals surface area (Å²) in [6.45, 7) is 4.00. The van der Waals surface area contributed by atoms with Crippen molar-refractivity contribution >= 4 is 10.8 Å². The SMILES string of the molecule is CC.c1ccc2cnccc2c1.c1ccccc1. The molecular formula is C17H19N. The van der Waals surface area contributed by atoms with Crippen molar-refractivity contribution in [2.75, 3.05) is 0 Å². The van der Waals surface area contributed by atoms with Gasteiger partial charge in [-0.1, -0.05) is 74.5 Å². The summed E-state index contributed by atoms with van der Waals surface area (Å²) >= 11 is 0. The fraction of sp³-hybridized carbons (Fsp3) is 0.118. The highest BCUT2D eigenvalue weighted by Gasteiger charge is 1.86. The van der Waals surface area contributed by atoms with Gasteiger partial charge in [-0.25, -0.2) is 0 Å². The van der Waals surface area contributed by atoms with Crippen molar-refractivity contribution in [3.8, 4) is 0 Å². The van der Waals surface area contributed by atoms with Crippen LogP contribution in [0, 0.1) is 0 Å². The summed E-state index contributed by atoms with van der Waals surface area (Å²) in [5.74, 6) is 0.